The van der Waals surface area contributed by atoms with E-state index >= 15 is 0 Å². The summed E-state index contributed by atoms with van der Waals surface area (Å²) in [5.41, 5.74) is 0.348. The molecule has 32 heavy (non-hydrogen) atoms. The Labute approximate surface area is 200 Å². The van der Waals surface area contributed by atoms with Gasteiger partial charge in [-0.25, -0.2) is 4.39 Å². The Balaban J connectivity index is 0.000000654. The van der Waals surface area contributed by atoms with Crippen molar-refractivity contribution >= 4 is 30.0 Å². The molecular weight excluding hydrogens is 449 g/mol. The Bertz CT molecular complexity index is 837. The normalized spacial score (nSPS) is 17.7. The summed E-state index contributed by atoms with van der Waals surface area (Å²) in [6.07, 6.45) is 1.46. The Hall–Kier alpha value is -1.44. The summed E-state index contributed by atoms with van der Waals surface area (Å²) >= 11 is 10.0. The molecule has 1 saturated heterocycles. The number of thiol groups is 1. The lowest BCUT2D eigenvalue weighted by Gasteiger charge is -2.39. The SMILES string of the molecule is CCC(C)S.O=C(CC(O)CN1CCC(O)(c2ccc(Cl)cc2)CC1)c1ccc(F)cc1. The summed E-state index contributed by atoms with van der Waals surface area (Å²) in [6, 6.07) is 12.6. The van der Waals surface area contributed by atoms with Gasteiger partial charge in [0.1, 0.15) is 5.82 Å². The molecule has 7 heteroatoms. The summed E-state index contributed by atoms with van der Waals surface area (Å²) in [5, 5.41) is 22.3. The van der Waals surface area contributed by atoms with Crippen molar-refractivity contribution in [2.45, 2.75) is 56.5 Å². The van der Waals surface area contributed by atoms with Crippen LogP contribution < -0.4 is 0 Å². The van der Waals surface area contributed by atoms with Crippen molar-refractivity contribution in [3.8, 4) is 0 Å². The zero-order valence-electron chi connectivity index (χ0n) is 18.7. The highest BCUT2D eigenvalue weighted by Gasteiger charge is 2.34. The minimum absolute atomic E-state index is 0.0103. The topological polar surface area (TPSA) is 60.8 Å². The number of halogens is 2. The van der Waals surface area contributed by atoms with Crippen LogP contribution in [-0.2, 0) is 5.60 Å². The van der Waals surface area contributed by atoms with Gasteiger partial charge in [-0.3, -0.25) is 4.79 Å². The first kappa shape index (κ1) is 26.8. The van der Waals surface area contributed by atoms with Crippen LogP contribution in [0.15, 0.2) is 48.5 Å². The second kappa shape index (κ2) is 12.7. The number of hydrogen-bond acceptors (Lipinski definition) is 5. The second-order valence-electron chi connectivity index (χ2n) is 8.38. The number of aliphatic hydroxyl groups is 2. The third-order valence-electron chi connectivity index (χ3n) is 5.71. The number of likely N-dealkylation sites (tertiary alicyclic amines) is 1. The monoisotopic (exact) mass is 481 g/mol. The van der Waals surface area contributed by atoms with E-state index in [2.05, 4.69) is 26.5 Å². The van der Waals surface area contributed by atoms with E-state index in [0.29, 0.717) is 48.3 Å². The molecule has 1 aliphatic rings. The van der Waals surface area contributed by atoms with E-state index in [1.54, 1.807) is 12.1 Å². The largest absolute Gasteiger partial charge is 0.391 e. The van der Waals surface area contributed by atoms with Crippen molar-refractivity contribution in [2.75, 3.05) is 19.6 Å². The minimum atomic E-state index is -0.893. The molecule has 1 heterocycles. The highest BCUT2D eigenvalue weighted by atomic mass is 35.5. The summed E-state index contributed by atoms with van der Waals surface area (Å²) in [7, 11) is 0. The molecule has 176 valence electrons. The lowest BCUT2D eigenvalue weighted by molar-refractivity contribution is -0.0343. The maximum Gasteiger partial charge on any atom is 0.165 e. The molecular formula is C25H33ClFNO3S. The van der Waals surface area contributed by atoms with Crippen molar-refractivity contribution in [3.05, 3.63) is 70.5 Å². The standard InChI is InChI=1S/C21H23ClFNO3.C4H10S/c22-17-5-3-16(4-6-17)21(27)9-11-24(12-10-21)14-19(25)13-20(26)15-1-7-18(23)8-2-15;1-3-4(2)5/h1-8,19,25,27H,9-14H2;4-5H,3H2,1-2H3. The van der Waals surface area contributed by atoms with Crippen LogP contribution in [0.3, 0.4) is 0 Å². The number of ketones is 1. The van der Waals surface area contributed by atoms with E-state index in [1.807, 2.05) is 17.0 Å². The number of nitrogens with zero attached hydrogens (tertiary/aromatic N) is 1. The molecule has 2 atom stereocenters. The Morgan fingerprint density at radius 2 is 1.69 bits per heavy atom. The maximum atomic E-state index is 12.9. The molecule has 2 aromatic rings. The summed E-state index contributed by atoms with van der Waals surface area (Å²) in [5.74, 6) is -0.606. The molecule has 0 radical (unpaired) electrons. The van der Waals surface area contributed by atoms with Gasteiger partial charge in [0.2, 0.25) is 0 Å². The van der Waals surface area contributed by atoms with Gasteiger partial charge in [-0.15, -0.1) is 0 Å². The molecule has 0 bridgehead atoms. The number of aliphatic hydroxyl groups excluding tert-OH is 1. The molecule has 0 spiro atoms. The van der Waals surface area contributed by atoms with E-state index < -0.39 is 17.5 Å². The second-order valence-corrected chi connectivity index (χ2v) is 9.70. The van der Waals surface area contributed by atoms with Gasteiger partial charge >= 0.3 is 0 Å². The predicted molar refractivity (Wildman–Crippen MR) is 131 cm³/mol. The van der Waals surface area contributed by atoms with E-state index in [0.717, 1.165) is 5.56 Å². The van der Waals surface area contributed by atoms with Crippen molar-refractivity contribution in [1.82, 2.24) is 4.90 Å². The van der Waals surface area contributed by atoms with E-state index in [1.165, 1.54) is 30.7 Å². The van der Waals surface area contributed by atoms with Gasteiger partial charge < -0.3 is 15.1 Å². The lowest BCUT2D eigenvalue weighted by atomic mass is 9.84. The Morgan fingerprint density at radius 3 is 2.19 bits per heavy atom. The van der Waals surface area contributed by atoms with Crippen LogP contribution in [0.5, 0.6) is 0 Å². The van der Waals surface area contributed by atoms with E-state index in [9.17, 15) is 19.4 Å². The van der Waals surface area contributed by atoms with Crippen LogP contribution >= 0.6 is 24.2 Å². The third kappa shape index (κ3) is 8.49. The fourth-order valence-electron chi connectivity index (χ4n) is 3.48. The number of carbonyl (C=O) groups excluding carboxylic acids is 1. The highest BCUT2D eigenvalue weighted by Crippen LogP contribution is 2.33. The van der Waals surface area contributed by atoms with Gasteiger partial charge in [0, 0.05) is 36.6 Å². The van der Waals surface area contributed by atoms with Crippen LogP contribution in [0.1, 0.15) is 55.5 Å². The molecule has 0 saturated carbocycles. The van der Waals surface area contributed by atoms with E-state index in [-0.39, 0.29) is 12.2 Å². The fourth-order valence-corrected chi connectivity index (χ4v) is 3.61. The van der Waals surface area contributed by atoms with Crippen molar-refractivity contribution in [2.24, 2.45) is 0 Å². The average Bonchev–Trinajstić information content (AvgIpc) is 2.76. The van der Waals surface area contributed by atoms with Crippen LogP contribution in [0.4, 0.5) is 4.39 Å². The first-order chi connectivity index (χ1) is 15.1. The molecule has 2 unspecified atom stereocenters. The van der Waals surface area contributed by atoms with Gasteiger partial charge in [-0.05, 0) is 66.5 Å². The maximum absolute atomic E-state index is 12.9. The average molecular weight is 482 g/mol. The van der Waals surface area contributed by atoms with E-state index in [4.69, 9.17) is 11.6 Å². The van der Waals surface area contributed by atoms with Crippen molar-refractivity contribution in [3.63, 3.8) is 0 Å². The molecule has 2 aromatic carbocycles. The number of piperidine rings is 1. The number of Topliss-reactive ketones (excluding diaryl/α,β-unsaturated/α-hetero) is 1. The number of hydrogen-bond donors (Lipinski definition) is 3. The summed E-state index contributed by atoms with van der Waals surface area (Å²) in [6.45, 7) is 5.83. The summed E-state index contributed by atoms with van der Waals surface area (Å²) in [4.78, 5) is 14.2. The quantitative estimate of drug-likeness (QED) is 0.380. The minimum Gasteiger partial charge on any atom is -0.391 e. The van der Waals surface area contributed by atoms with Crippen molar-refractivity contribution < 1.29 is 19.4 Å². The zero-order chi connectivity index (χ0) is 23.7. The first-order valence-electron chi connectivity index (χ1n) is 11.0. The summed E-state index contributed by atoms with van der Waals surface area (Å²) < 4.78 is 12.9. The van der Waals surface area contributed by atoms with Crippen molar-refractivity contribution in [1.29, 1.82) is 0 Å². The van der Waals surface area contributed by atoms with Crippen LogP contribution in [-0.4, -0.2) is 51.9 Å². The number of carbonyl (C=O) groups is 1. The van der Waals surface area contributed by atoms with Gasteiger partial charge in [0.25, 0.3) is 0 Å². The fraction of sp³-hybridized carbons (Fsp3) is 0.480. The molecule has 0 aromatic heterocycles. The van der Waals surface area contributed by atoms with Crippen LogP contribution in [0.25, 0.3) is 0 Å². The molecule has 1 aliphatic heterocycles. The highest BCUT2D eigenvalue weighted by molar-refractivity contribution is 7.80. The molecule has 4 nitrogen and oxygen atoms in total. The van der Waals surface area contributed by atoms with Crippen LogP contribution in [0.2, 0.25) is 5.02 Å². The Kier molecular flexibility index (Phi) is 10.6. The van der Waals surface area contributed by atoms with Gasteiger partial charge in [0.05, 0.1) is 11.7 Å². The molecule has 0 aliphatic carbocycles. The molecule has 1 fully saturated rings. The Morgan fingerprint density at radius 1 is 1.16 bits per heavy atom. The lowest BCUT2D eigenvalue weighted by Crippen LogP contribution is -2.45. The number of benzene rings is 2. The molecule has 3 rings (SSSR count). The predicted octanol–water partition coefficient (Wildman–Crippen LogP) is 5.11. The number of rotatable bonds is 7. The third-order valence-corrected chi connectivity index (χ3v) is 6.33. The first-order valence-corrected chi connectivity index (χ1v) is 11.9. The van der Waals surface area contributed by atoms with Gasteiger partial charge in [-0.2, -0.15) is 12.6 Å². The van der Waals surface area contributed by atoms with Gasteiger partial charge in [0.15, 0.2) is 5.78 Å². The zero-order valence-corrected chi connectivity index (χ0v) is 20.3. The van der Waals surface area contributed by atoms with Gasteiger partial charge in [-0.1, -0.05) is 37.6 Å². The smallest absolute Gasteiger partial charge is 0.165 e. The number of β-amino-alcohol motifs (C(OH)–C–C–N with tert-alkyl or cyclic N) is 1. The molecule has 2 N–H and O–H groups in total. The van der Waals surface area contributed by atoms with Crippen LogP contribution in [0, 0.1) is 5.82 Å². The molecule has 0 amide bonds.